The summed E-state index contributed by atoms with van der Waals surface area (Å²) in [4.78, 5) is 20.8. The van der Waals surface area contributed by atoms with Crippen molar-refractivity contribution in [2.45, 2.75) is 46.5 Å². The molecule has 0 saturated heterocycles. The van der Waals surface area contributed by atoms with E-state index in [1.807, 2.05) is 0 Å². The van der Waals surface area contributed by atoms with Crippen molar-refractivity contribution in [3.05, 3.63) is 24.8 Å². The van der Waals surface area contributed by atoms with Crippen LogP contribution in [-0.4, -0.2) is 25.7 Å². The van der Waals surface area contributed by atoms with Crippen LogP contribution in [-0.2, 0) is 19.1 Å². The molecular formula is C16H28O4. The van der Waals surface area contributed by atoms with Crippen LogP contribution >= 0.6 is 0 Å². The molecule has 0 unspecified atom stereocenters. The Balaban J connectivity index is 0. The Labute approximate surface area is 122 Å². The predicted molar refractivity (Wildman–Crippen MR) is 81.3 cm³/mol. The van der Waals surface area contributed by atoms with Gasteiger partial charge < -0.3 is 9.47 Å². The summed E-state index contributed by atoms with van der Waals surface area (Å²) in [6, 6.07) is 0. The summed E-state index contributed by atoms with van der Waals surface area (Å²) >= 11 is 0. The quantitative estimate of drug-likeness (QED) is 0.388. The van der Waals surface area contributed by atoms with Gasteiger partial charge in [-0.2, -0.15) is 0 Å². The monoisotopic (exact) mass is 284 g/mol. The van der Waals surface area contributed by atoms with E-state index in [2.05, 4.69) is 31.7 Å². The van der Waals surface area contributed by atoms with Gasteiger partial charge in [-0.1, -0.05) is 46.3 Å². The lowest BCUT2D eigenvalue weighted by Gasteiger charge is -2.04. The fraction of sp³-hybridized carbons (Fsp3) is 0.625. The number of rotatable bonds is 8. The summed E-state index contributed by atoms with van der Waals surface area (Å²) in [6.45, 7) is 13.2. The topological polar surface area (TPSA) is 52.6 Å². The number of ether oxygens (including phenoxy) is 2. The van der Waals surface area contributed by atoms with Crippen molar-refractivity contribution < 1.29 is 19.1 Å². The van der Waals surface area contributed by atoms with Crippen LogP contribution < -0.4 is 0 Å². The molecule has 0 aromatic heterocycles. The molecule has 0 heterocycles. The van der Waals surface area contributed by atoms with Gasteiger partial charge in [-0.05, 0) is 19.3 Å². The average Bonchev–Trinajstić information content (AvgIpc) is 2.41. The first-order valence-corrected chi connectivity index (χ1v) is 6.88. The molecule has 4 heteroatoms. The van der Waals surface area contributed by atoms with Crippen LogP contribution in [0.25, 0.3) is 0 Å². The van der Waals surface area contributed by atoms with Crippen LogP contribution in [0.5, 0.6) is 0 Å². The van der Waals surface area contributed by atoms with Crippen LogP contribution in [0, 0.1) is 5.92 Å². The third kappa shape index (κ3) is 16.4. The molecule has 0 atom stereocenters. The Morgan fingerprint density at radius 1 is 1.20 bits per heavy atom. The van der Waals surface area contributed by atoms with Crippen molar-refractivity contribution in [2.75, 3.05) is 13.7 Å². The fourth-order valence-corrected chi connectivity index (χ4v) is 1.24. The molecule has 0 bridgehead atoms. The third-order valence-electron chi connectivity index (χ3n) is 2.37. The maximum absolute atomic E-state index is 10.6. The van der Waals surface area contributed by atoms with Gasteiger partial charge in [0.25, 0.3) is 0 Å². The largest absolute Gasteiger partial charge is 0.466 e. The first kappa shape index (κ1) is 20.7. The summed E-state index contributed by atoms with van der Waals surface area (Å²) in [5.74, 6) is 0.111. The van der Waals surface area contributed by atoms with Gasteiger partial charge in [0, 0.05) is 11.6 Å². The summed E-state index contributed by atoms with van der Waals surface area (Å²) in [5, 5.41) is 0. The smallest absolute Gasteiger partial charge is 0.332 e. The van der Waals surface area contributed by atoms with E-state index in [0.29, 0.717) is 12.2 Å². The van der Waals surface area contributed by atoms with E-state index in [9.17, 15) is 9.59 Å². The number of carbonyl (C=O) groups excluding carboxylic acids is 2. The van der Waals surface area contributed by atoms with Crippen LogP contribution in [0.2, 0.25) is 0 Å². The minimum Gasteiger partial charge on any atom is -0.466 e. The molecule has 0 aliphatic rings. The maximum Gasteiger partial charge on any atom is 0.332 e. The van der Waals surface area contributed by atoms with Gasteiger partial charge in [0.2, 0.25) is 0 Å². The van der Waals surface area contributed by atoms with E-state index in [-0.39, 0.29) is 11.9 Å². The van der Waals surface area contributed by atoms with Crippen LogP contribution in [0.1, 0.15) is 46.5 Å². The summed E-state index contributed by atoms with van der Waals surface area (Å²) < 4.78 is 9.11. The summed E-state index contributed by atoms with van der Waals surface area (Å²) in [5.41, 5.74) is 0.433. The summed E-state index contributed by atoms with van der Waals surface area (Å²) in [7, 11) is 1.33. The van der Waals surface area contributed by atoms with Gasteiger partial charge in [-0.25, -0.2) is 9.59 Å². The SMILES string of the molecule is C=C(C)C(=O)OC.C=CC(=O)OCCCCCC(C)C. The van der Waals surface area contributed by atoms with Gasteiger partial charge in [-0.15, -0.1) is 0 Å². The fourth-order valence-electron chi connectivity index (χ4n) is 1.24. The van der Waals surface area contributed by atoms with Crippen molar-refractivity contribution in [2.24, 2.45) is 5.92 Å². The predicted octanol–water partition coefficient (Wildman–Crippen LogP) is 3.67. The molecule has 0 aromatic carbocycles. The molecule has 20 heavy (non-hydrogen) atoms. The van der Waals surface area contributed by atoms with Crippen molar-refractivity contribution in [3.8, 4) is 0 Å². The Morgan fingerprint density at radius 2 is 1.80 bits per heavy atom. The highest BCUT2D eigenvalue weighted by molar-refractivity contribution is 5.86. The van der Waals surface area contributed by atoms with Crippen molar-refractivity contribution in [1.82, 2.24) is 0 Å². The number of esters is 2. The van der Waals surface area contributed by atoms with E-state index in [1.165, 1.54) is 26.0 Å². The molecule has 0 aliphatic heterocycles. The second kappa shape index (κ2) is 13.8. The first-order chi connectivity index (χ1) is 9.34. The van der Waals surface area contributed by atoms with E-state index in [4.69, 9.17) is 4.74 Å². The van der Waals surface area contributed by atoms with E-state index >= 15 is 0 Å². The van der Waals surface area contributed by atoms with Gasteiger partial charge in [0.15, 0.2) is 0 Å². The standard InChI is InChI=1S/C11H20O2.C5H8O2/c1-4-11(12)13-9-7-5-6-8-10(2)3;1-4(2)5(6)7-3/h4,10H,1,5-9H2,2-3H3;1H2,2-3H3. The van der Waals surface area contributed by atoms with E-state index in [1.54, 1.807) is 6.92 Å². The molecule has 0 radical (unpaired) electrons. The Bertz CT molecular complexity index is 306. The molecule has 0 amide bonds. The highest BCUT2D eigenvalue weighted by Gasteiger charge is 1.97. The molecule has 0 aromatic rings. The zero-order valence-corrected chi connectivity index (χ0v) is 13.2. The van der Waals surface area contributed by atoms with Crippen molar-refractivity contribution in [1.29, 1.82) is 0 Å². The van der Waals surface area contributed by atoms with Gasteiger partial charge in [0.1, 0.15) is 0 Å². The van der Waals surface area contributed by atoms with Gasteiger partial charge in [-0.3, -0.25) is 0 Å². The lowest BCUT2D eigenvalue weighted by atomic mass is 10.1. The minimum absolute atomic E-state index is 0.316. The molecule has 0 spiro atoms. The molecular weight excluding hydrogens is 256 g/mol. The minimum atomic E-state index is -0.347. The molecule has 0 aliphatic carbocycles. The Morgan fingerprint density at radius 3 is 2.15 bits per heavy atom. The number of hydrogen-bond acceptors (Lipinski definition) is 4. The van der Waals surface area contributed by atoms with Crippen LogP contribution in [0.3, 0.4) is 0 Å². The lowest BCUT2D eigenvalue weighted by Crippen LogP contribution is -2.01. The van der Waals surface area contributed by atoms with Crippen molar-refractivity contribution in [3.63, 3.8) is 0 Å². The maximum atomic E-state index is 10.6. The molecule has 116 valence electrons. The third-order valence-corrected chi connectivity index (χ3v) is 2.37. The average molecular weight is 284 g/mol. The first-order valence-electron chi connectivity index (χ1n) is 6.88. The number of hydrogen-bond donors (Lipinski definition) is 0. The van der Waals surface area contributed by atoms with Crippen molar-refractivity contribution >= 4 is 11.9 Å². The zero-order chi connectivity index (χ0) is 16.0. The number of methoxy groups -OCH3 is 1. The van der Waals surface area contributed by atoms with Gasteiger partial charge >= 0.3 is 11.9 Å². The zero-order valence-electron chi connectivity index (χ0n) is 13.2. The van der Waals surface area contributed by atoms with Crippen LogP contribution in [0.15, 0.2) is 24.8 Å². The highest BCUT2D eigenvalue weighted by atomic mass is 16.5. The van der Waals surface area contributed by atoms with E-state index in [0.717, 1.165) is 18.8 Å². The second-order valence-electron chi connectivity index (χ2n) is 4.89. The number of unbranched alkanes of at least 4 members (excludes halogenated alkanes) is 2. The van der Waals surface area contributed by atoms with E-state index < -0.39 is 0 Å². The Hall–Kier alpha value is -1.58. The number of carbonyl (C=O) groups is 2. The molecule has 4 nitrogen and oxygen atoms in total. The van der Waals surface area contributed by atoms with Crippen LogP contribution in [0.4, 0.5) is 0 Å². The molecule has 0 rings (SSSR count). The Kier molecular flexibility index (Phi) is 14.3. The molecule has 0 saturated carbocycles. The van der Waals surface area contributed by atoms with Gasteiger partial charge in [0.05, 0.1) is 13.7 Å². The molecule has 0 N–H and O–H groups in total. The second-order valence-corrected chi connectivity index (χ2v) is 4.89. The normalized spacial score (nSPS) is 9.25. The molecule has 0 fully saturated rings. The summed E-state index contributed by atoms with van der Waals surface area (Å²) in [6.07, 6.45) is 5.79. The highest BCUT2D eigenvalue weighted by Crippen LogP contribution is 2.07. The lowest BCUT2D eigenvalue weighted by molar-refractivity contribution is -0.138.